The van der Waals surface area contributed by atoms with Gasteiger partial charge in [0.15, 0.2) is 11.5 Å². The van der Waals surface area contributed by atoms with Crippen molar-refractivity contribution in [3.63, 3.8) is 0 Å². The van der Waals surface area contributed by atoms with Gasteiger partial charge in [0.1, 0.15) is 18.2 Å². The molecule has 168 valence electrons. The van der Waals surface area contributed by atoms with Crippen molar-refractivity contribution in [2.75, 3.05) is 11.9 Å². The van der Waals surface area contributed by atoms with Gasteiger partial charge < -0.3 is 14.8 Å². The Labute approximate surface area is 206 Å². The second-order valence-electron chi connectivity index (χ2n) is 7.14. The van der Waals surface area contributed by atoms with E-state index in [9.17, 15) is 10.1 Å². The number of nitriles is 1. The van der Waals surface area contributed by atoms with Crippen LogP contribution >= 0.6 is 27.5 Å². The lowest BCUT2D eigenvalue weighted by Crippen LogP contribution is -2.13. The van der Waals surface area contributed by atoms with E-state index in [1.54, 1.807) is 36.4 Å². The van der Waals surface area contributed by atoms with Crippen molar-refractivity contribution >= 4 is 45.2 Å². The number of carbonyl (C=O) groups is 1. The van der Waals surface area contributed by atoms with E-state index in [-0.39, 0.29) is 5.57 Å². The summed E-state index contributed by atoms with van der Waals surface area (Å²) < 4.78 is 12.7. The Kier molecular flexibility index (Phi) is 8.53. The zero-order valence-electron chi connectivity index (χ0n) is 18.2. The number of carbonyl (C=O) groups excluding carboxylic acids is 1. The van der Waals surface area contributed by atoms with Crippen molar-refractivity contribution in [3.8, 4) is 17.6 Å². The molecule has 5 nitrogen and oxygen atoms in total. The highest BCUT2D eigenvalue weighted by Crippen LogP contribution is 2.30. The summed E-state index contributed by atoms with van der Waals surface area (Å²) in [5.41, 5.74) is 3.03. The van der Waals surface area contributed by atoms with Crippen molar-refractivity contribution in [1.29, 1.82) is 5.26 Å². The van der Waals surface area contributed by atoms with E-state index in [1.165, 1.54) is 6.08 Å². The number of halogens is 2. The van der Waals surface area contributed by atoms with Gasteiger partial charge in [0.2, 0.25) is 0 Å². The fourth-order valence-electron chi connectivity index (χ4n) is 2.93. The Bertz CT molecular complexity index is 1220. The maximum absolute atomic E-state index is 12.6. The van der Waals surface area contributed by atoms with Crippen LogP contribution in [0.25, 0.3) is 6.08 Å². The molecule has 3 rings (SSSR count). The molecule has 0 radical (unpaired) electrons. The largest absolute Gasteiger partial charge is 0.490 e. The number of benzene rings is 3. The molecule has 0 saturated carbocycles. The number of hydrogen-bond donors (Lipinski definition) is 1. The number of ether oxygens (including phenoxy) is 2. The summed E-state index contributed by atoms with van der Waals surface area (Å²) in [7, 11) is 0. The second kappa shape index (κ2) is 11.6. The number of rotatable bonds is 8. The molecule has 0 bridgehead atoms. The Morgan fingerprint density at radius 1 is 1.09 bits per heavy atom. The van der Waals surface area contributed by atoms with Gasteiger partial charge in [0.05, 0.1) is 6.61 Å². The Balaban J connectivity index is 1.77. The van der Waals surface area contributed by atoms with Crippen molar-refractivity contribution < 1.29 is 14.3 Å². The predicted octanol–water partition coefficient (Wildman–Crippen LogP) is 6.93. The summed E-state index contributed by atoms with van der Waals surface area (Å²) in [6.07, 6.45) is 1.51. The molecule has 0 unspecified atom stereocenters. The molecule has 1 amide bonds. The third kappa shape index (κ3) is 6.85. The summed E-state index contributed by atoms with van der Waals surface area (Å²) in [6.45, 7) is 4.58. The number of aryl methyl sites for hydroxylation is 1. The highest BCUT2D eigenvalue weighted by molar-refractivity contribution is 9.10. The smallest absolute Gasteiger partial charge is 0.266 e. The van der Waals surface area contributed by atoms with Gasteiger partial charge in [-0.25, -0.2) is 0 Å². The van der Waals surface area contributed by atoms with Crippen molar-refractivity contribution in [2.45, 2.75) is 20.5 Å². The normalized spacial score (nSPS) is 10.9. The number of anilines is 1. The quantitative estimate of drug-likeness (QED) is 0.256. The van der Waals surface area contributed by atoms with Gasteiger partial charge in [-0.1, -0.05) is 51.8 Å². The molecule has 1 N–H and O–H groups in total. The first-order valence-electron chi connectivity index (χ1n) is 10.2. The molecule has 0 aliphatic heterocycles. The van der Waals surface area contributed by atoms with Crippen LogP contribution in [0.2, 0.25) is 5.02 Å². The molecule has 7 heteroatoms. The summed E-state index contributed by atoms with van der Waals surface area (Å²) in [5.74, 6) is 0.589. The predicted molar refractivity (Wildman–Crippen MR) is 134 cm³/mol. The van der Waals surface area contributed by atoms with Crippen molar-refractivity contribution in [1.82, 2.24) is 0 Å². The molecule has 3 aromatic carbocycles. The summed E-state index contributed by atoms with van der Waals surface area (Å²) in [5, 5.41) is 12.8. The topological polar surface area (TPSA) is 71.3 Å². The highest BCUT2D eigenvalue weighted by atomic mass is 79.9. The molecular formula is C26H22BrClN2O3. The minimum Gasteiger partial charge on any atom is -0.490 e. The van der Waals surface area contributed by atoms with Crippen molar-refractivity contribution in [3.05, 3.63) is 92.4 Å². The van der Waals surface area contributed by atoms with Gasteiger partial charge in [-0.15, -0.1) is 0 Å². The molecule has 0 aliphatic rings. The van der Waals surface area contributed by atoms with Gasteiger partial charge in [-0.3, -0.25) is 4.79 Å². The van der Waals surface area contributed by atoms with Crippen LogP contribution in [-0.4, -0.2) is 12.5 Å². The minimum absolute atomic E-state index is 0.0438. The molecule has 0 atom stereocenters. The molecule has 0 aliphatic carbocycles. The van der Waals surface area contributed by atoms with Crippen LogP contribution in [0, 0.1) is 18.3 Å². The number of amides is 1. The van der Waals surface area contributed by atoms with Crippen LogP contribution in [0.5, 0.6) is 11.5 Å². The first-order chi connectivity index (χ1) is 15.9. The molecule has 33 heavy (non-hydrogen) atoms. The van der Waals surface area contributed by atoms with Crippen LogP contribution in [-0.2, 0) is 11.4 Å². The third-order valence-electron chi connectivity index (χ3n) is 4.68. The van der Waals surface area contributed by atoms with Gasteiger partial charge >= 0.3 is 0 Å². The fraction of sp³-hybridized carbons (Fsp3) is 0.154. The summed E-state index contributed by atoms with van der Waals surface area (Å²) in [4.78, 5) is 12.6. The van der Waals surface area contributed by atoms with Crippen LogP contribution < -0.4 is 14.8 Å². The first-order valence-corrected chi connectivity index (χ1v) is 11.4. The van der Waals surface area contributed by atoms with Crippen LogP contribution in [0.1, 0.15) is 23.6 Å². The monoisotopic (exact) mass is 524 g/mol. The standard InChI is InChI=1S/C26H22BrClN2O3/c1-3-32-25-13-19(7-11-24(25)33-16-18-5-8-21(27)9-6-18)12-20(15-29)26(31)30-22-10-4-17(2)23(28)14-22/h4-14H,3,16H2,1-2H3,(H,30,31)/b20-12+. The number of nitrogens with zero attached hydrogens (tertiary/aromatic N) is 1. The van der Waals surface area contributed by atoms with E-state index in [2.05, 4.69) is 21.2 Å². The molecule has 0 aromatic heterocycles. The van der Waals surface area contributed by atoms with E-state index >= 15 is 0 Å². The zero-order valence-corrected chi connectivity index (χ0v) is 20.5. The minimum atomic E-state index is -0.522. The van der Waals surface area contributed by atoms with E-state index in [1.807, 2.05) is 44.2 Å². The molecule has 0 heterocycles. The van der Waals surface area contributed by atoms with Crippen LogP contribution in [0.3, 0.4) is 0 Å². The zero-order chi connectivity index (χ0) is 23.8. The van der Waals surface area contributed by atoms with Gasteiger partial charge in [-0.2, -0.15) is 5.26 Å². The van der Waals surface area contributed by atoms with E-state index in [4.69, 9.17) is 21.1 Å². The van der Waals surface area contributed by atoms with Crippen LogP contribution in [0.15, 0.2) is 70.7 Å². The molecule has 0 saturated heterocycles. The van der Waals surface area contributed by atoms with Gasteiger partial charge in [-0.05, 0) is 73.0 Å². The summed E-state index contributed by atoms with van der Waals surface area (Å²) >= 11 is 9.53. The average molecular weight is 526 g/mol. The molecule has 0 fully saturated rings. The maximum atomic E-state index is 12.6. The van der Waals surface area contributed by atoms with Gasteiger partial charge in [0.25, 0.3) is 5.91 Å². The SMILES string of the molecule is CCOc1cc(/C=C(\C#N)C(=O)Nc2ccc(C)c(Cl)c2)ccc1OCc1ccc(Br)cc1. The van der Waals surface area contributed by atoms with Crippen LogP contribution in [0.4, 0.5) is 5.69 Å². The maximum Gasteiger partial charge on any atom is 0.266 e. The molecular weight excluding hydrogens is 504 g/mol. The molecule has 3 aromatic rings. The van der Waals surface area contributed by atoms with E-state index in [0.29, 0.717) is 41.0 Å². The van der Waals surface area contributed by atoms with Crippen molar-refractivity contribution in [2.24, 2.45) is 0 Å². The fourth-order valence-corrected chi connectivity index (χ4v) is 3.37. The van der Waals surface area contributed by atoms with E-state index < -0.39 is 5.91 Å². The Hall–Kier alpha value is -3.27. The lowest BCUT2D eigenvalue weighted by Gasteiger charge is -2.13. The lowest BCUT2D eigenvalue weighted by atomic mass is 10.1. The number of hydrogen-bond acceptors (Lipinski definition) is 4. The summed E-state index contributed by atoms with van der Waals surface area (Å²) in [6, 6.07) is 20.3. The Morgan fingerprint density at radius 3 is 2.52 bits per heavy atom. The Morgan fingerprint density at radius 2 is 1.85 bits per heavy atom. The lowest BCUT2D eigenvalue weighted by molar-refractivity contribution is -0.112. The average Bonchev–Trinajstić information content (AvgIpc) is 2.80. The highest BCUT2D eigenvalue weighted by Gasteiger charge is 2.12. The first kappa shape index (κ1) is 24.4. The second-order valence-corrected chi connectivity index (χ2v) is 8.47. The number of nitrogens with one attached hydrogen (secondary N) is 1. The van der Waals surface area contributed by atoms with E-state index in [0.717, 1.165) is 15.6 Å². The van der Waals surface area contributed by atoms with Gasteiger partial charge in [0, 0.05) is 15.2 Å². The third-order valence-corrected chi connectivity index (χ3v) is 5.62. The molecule has 0 spiro atoms.